The van der Waals surface area contributed by atoms with Gasteiger partial charge in [-0.05, 0) is 25.0 Å². The van der Waals surface area contributed by atoms with E-state index in [4.69, 9.17) is 5.73 Å². The van der Waals surface area contributed by atoms with Gasteiger partial charge in [0, 0.05) is 11.9 Å². The van der Waals surface area contributed by atoms with Gasteiger partial charge in [0.25, 0.3) is 0 Å². The number of para-hydroxylation sites is 1. The van der Waals surface area contributed by atoms with Crippen molar-refractivity contribution in [3.63, 3.8) is 0 Å². The molecule has 1 atom stereocenters. The summed E-state index contributed by atoms with van der Waals surface area (Å²) in [5, 5.41) is 3.62. The highest BCUT2D eigenvalue weighted by molar-refractivity contribution is 7.92. The highest BCUT2D eigenvalue weighted by Gasteiger charge is 2.31. The van der Waals surface area contributed by atoms with Gasteiger partial charge in [-0.2, -0.15) is 4.98 Å². The molecule has 0 radical (unpaired) electrons. The summed E-state index contributed by atoms with van der Waals surface area (Å²) in [6, 6.07) is 7.50. The second-order valence-corrected chi connectivity index (χ2v) is 7.36. The van der Waals surface area contributed by atoms with Crippen LogP contribution in [-0.4, -0.2) is 35.9 Å². The van der Waals surface area contributed by atoms with Gasteiger partial charge in [-0.15, -0.1) is 0 Å². The Bertz CT molecular complexity index is 745. The van der Waals surface area contributed by atoms with Crippen LogP contribution in [0.5, 0.6) is 0 Å². The molecule has 1 aliphatic rings. The van der Waals surface area contributed by atoms with Crippen molar-refractivity contribution in [2.24, 2.45) is 0 Å². The van der Waals surface area contributed by atoms with Gasteiger partial charge in [-0.1, -0.05) is 12.1 Å². The zero-order valence-corrected chi connectivity index (χ0v) is 11.7. The average molecular weight is 292 g/mol. The number of nitrogens with one attached hydrogen (secondary N) is 1. The van der Waals surface area contributed by atoms with E-state index in [0.717, 1.165) is 17.3 Å². The Hall–Kier alpha value is -1.89. The molecule has 6 nitrogen and oxygen atoms in total. The number of rotatable bonds is 3. The number of hydrogen-bond acceptors (Lipinski definition) is 6. The summed E-state index contributed by atoms with van der Waals surface area (Å²) in [7, 11) is -2.96. The van der Waals surface area contributed by atoms with Gasteiger partial charge in [-0.3, -0.25) is 0 Å². The van der Waals surface area contributed by atoms with Crippen LogP contribution < -0.4 is 11.1 Å². The molecule has 1 aliphatic heterocycles. The van der Waals surface area contributed by atoms with Crippen molar-refractivity contribution in [3.8, 4) is 0 Å². The monoisotopic (exact) mass is 292 g/mol. The SMILES string of the molecule is Nc1nc(NCC2CCCS2(=O)=O)c2ccccc2n1. The summed E-state index contributed by atoms with van der Waals surface area (Å²) < 4.78 is 23.6. The molecule has 7 heteroatoms. The highest BCUT2D eigenvalue weighted by atomic mass is 32.2. The molecule has 1 saturated heterocycles. The topological polar surface area (TPSA) is 98.0 Å². The molecule has 1 aromatic heterocycles. The van der Waals surface area contributed by atoms with E-state index in [-0.39, 0.29) is 17.0 Å². The molecule has 3 rings (SSSR count). The first-order chi connectivity index (χ1) is 9.56. The van der Waals surface area contributed by atoms with Crippen molar-refractivity contribution in [1.29, 1.82) is 0 Å². The van der Waals surface area contributed by atoms with Crippen LogP contribution in [0.15, 0.2) is 24.3 Å². The van der Waals surface area contributed by atoms with E-state index in [1.807, 2.05) is 24.3 Å². The summed E-state index contributed by atoms with van der Waals surface area (Å²) in [4.78, 5) is 8.32. The Labute approximate surface area is 117 Å². The number of sulfone groups is 1. The molecular formula is C13H16N4O2S. The van der Waals surface area contributed by atoms with Crippen LogP contribution in [0.1, 0.15) is 12.8 Å². The second-order valence-electron chi connectivity index (χ2n) is 4.96. The molecule has 2 heterocycles. The number of hydrogen-bond donors (Lipinski definition) is 2. The molecule has 106 valence electrons. The van der Waals surface area contributed by atoms with Gasteiger partial charge in [-0.25, -0.2) is 13.4 Å². The van der Waals surface area contributed by atoms with Crippen LogP contribution in [0.4, 0.5) is 11.8 Å². The van der Waals surface area contributed by atoms with Crippen molar-refractivity contribution in [2.45, 2.75) is 18.1 Å². The fraction of sp³-hybridized carbons (Fsp3) is 0.385. The molecule has 0 saturated carbocycles. The number of aromatic nitrogens is 2. The number of nitrogens with two attached hydrogens (primary N) is 1. The van der Waals surface area contributed by atoms with Crippen LogP contribution in [0.2, 0.25) is 0 Å². The predicted octanol–water partition coefficient (Wildman–Crippen LogP) is 1.20. The summed E-state index contributed by atoms with van der Waals surface area (Å²) in [5.41, 5.74) is 6.43. The van der Waals surface area contributed by atoms with Crippen LogP contribution >= 0.6 is 0 Å². The molecule has 20 heavy (non-hydrogen) atoms. The summed E-state index contributed by atoms with van der Waals surface area (Å²) >= 11 is 0. The number of nitrogen functional groups attached to an aromatic ring is 1. The van der Waals surface area contributed by atoms with Gasteiger partial charge in [0.1, 0.15) is 5.82 Å². The van der Waals surface area contributed by atoms with Crippen molar-refractivity contribution < 1.29 is 8.42 Å². The lowest BCUT2D eigenvalue weighted by molar-refractivity contribution is 0.591. The maximum absolute atomic E-state index is 11.8. The van der Waals surface area contributed by atoms with E-state index in [9.17, 15) is 8.42 Å². The zero-order valence-electron chi connectivity index (χ0n) is 10.9. The summed E-state index contributed by atoms with van der Waals surface area (Å²) in [6.07, 6.45) is 1.44. The van der Waals surface area contributed by atoms with Crippen LogP contribution in [0.25, 0.3) is 10.9 Å². The molecule has 3 N–H and O–H groups in total. The van der Waals surface area contributed by atoms with Crippen molar-refractivity contribution >= 4 is 32.5 Å². The lowest BCUT2D eigenvalue weighted by atomic mass is 10.2. The van der Waals surface area contributed by atoms with E-state index >= 15 is 0 Å². The first-order valence-electron chi connectivity index (χ1n) is 6.54. The predicted molar refractivity (Wildman–Crippen MR) is 79.2 cm³/mol. The van der Waals surface area contributed by atoms with Gasteiger partial charge in [0.2, 0.25) is 5.95 Å². The van der Waals surface area contributed by atoms with Gasteiger partial charge in [0.15, 0.2) is 9.84 Å². The van der Waals surface area contributed by atoms with E-state index in [2.05, 4.69) is 15.3 Å². The Balaban J connectivity index is 1.88. The lowest BCUT2D eigenvalue weighted by Crippen LogP contribution is -2.25. The normalized spacial score (nSPS) is 21.1. The fourth-order valence-corrected chi connectivity index (χ4v) is 4.29. The Morgan fingerprint density at radius 3 is 2.85 bits per heavy atom. The van der Waals surface area contributed by atoms with Crippen molar-refractivity contribution in [3.05, 3.63) is 24.3 Å². The minimum atomic E-state index is -2.96. The maximum atomic E-state index is 11.8. The van der Waals surface area contributed by atoms with Crippen molar-refractivity contribution in [1.82, 2.24) is 9.97 Å². The standard InChI is InChI=1S/C13H16N4O2S/c14-13-16-11-6-2-1-5-10(11)12(17-13)15-8-9-4-3-7-20(9,18)19/h1-2,5-6,9H,3-4,7-8H2,(H3,14,15,16,17). The molecule has 0 bridgehead atoms. The number of fused-ring (bicyclic) bond motifs is 1. The van der Waals surface area contributed by atoms with Gasteiger partial charge >= 0.3 is 0 Å². The minimum absolute atomic E-state index is 0.181. The third-order valence-corrected chi connectivity index (χ3v) is 5.86. The molecule has 0 spiro atoms. The van der Waals surface area contributed by atoms with E-state index in [1.54, 1.807) is 0 Å². The molecule has 1 fully saturated rings. The summed E-state index contributed by atoms with van der Waals surface area (Å²) in [6.45, 7) is 0.364. The largest absolute Gasteiger partial charge is 0.368 e. The first-order valence-corrected chi connectivity index (χ1v) is 8.25. The van der Waals surface area contributed by atoms with E-state index in [0.29, 0.717) is 18.8 Å². The average Bonchev–Trinajstić information content (AvgIpc) is 2.74. The maximum Gasteiger partial charge on any atom is 0.222 e. The Morgan fingerprint density at radius 1 is 1.30 bits per heavy atom. The molecule has 1 unspecified atom stereocenters. The van der Waals surface area contributed by atoms with Gasteiger partial charge in [0.05, 0.1) is 16.5 Å². The van der Waals surface area contributed by atoms with Crippen LogP contribution in [0.3, 0.4) is 0 Å². The Morgan fingerprint density at radius 2 is 2.10 bits per heavy atom. The smallest absolute Gasteiger partial charge is 0.222 e. The zero-order chi connectivity index (χ0) is 14.2. The number of anilines is 2. The fourth-order valence-electron chi connectivity index (χ4n) is 2.53. The van der Waals surface area contributed by atoms with E-state index < -0.39 is 9.84 Å². The number of nitrogens with zero attached hydrogens (tertiary/aromatic N) is 2. The second kappa shape index (κ2) is 4.90. The van der Waals surface area contributed by atoms with Crippen LogP contribution in [-0.2, 0) is 9.84 Å². The molecule has 2 aromatic rings. The third kappa shape index (κ3) is 2.40. The van der Waals surface area contributed by atoms with Crippen molar-refractivity contribution in [2.75, 3.05) is 23.3 Å². The molecule has 0 aliphatic carbocycles. The molecule has 0 amide bonds. The number of benzene rings is 1. The van der Waals surface area contributed by atoms with Gasteiger partial charge < -0.3 is 11.1 Å². The summed E-state index contributed by atoms with van der Waals surface area (Å²) in [5.74, 6) is 1.06. The lowest BCUT2D eigenvalue weighted by Gasteiger charge is -2.13. The Kier molecular flexibility index (Phi) is 3.21. The van der Waals surface area contributed by atoms with Crippen LogP contribution in [0, 0.1) is 0 Å². The molecular weight excluding hydrogens is 276 g/mol. The third-order valence-electron chi connectivity index (χ3n) is 3.58. The van der Waals surface area contributed by atoms with E-state index in [1.165, 1.54) is 0 Å². The molecule has 1 aromatic carbocycles. The first kappa shape index (κ1) is 13.1. The minimum Gasteiger partial charge on any atom is -0.368 e. The highest BCUT2D eigenvalue weighted by Crippen LogP contribution is 2.23. The quantitative estimate of drug-likeness (QED) is 0.882.